The second-order valence-electron chi connectivity index (χ2n) is 12.0. The Morgan fingerprint density at radius 1 is 0.667 bits per heavy atom. The zero-order valence-electron chi connectivity index (χ0n) is 30.4. The average Bonchev–Trinajstić information content (AvgIpc) is 3.06. The van der Waals surface area contributed by atoms with Gasteiger partial charge in [0.25, 0.3) is 0 Å². The fraction of sp³-hybridized carbons (Fsp3) is 0.737. The minimum atomic E-state index is -4.35. The molecule has 9 nitrogen and oxygen atoms in total. The zero-order chi connectivity index (χ0) is 35.4. The van der Waals surface area contributed by atoms with E-state index < -0.39 is 32.5 Å². The first-order valence-electron chi connectivity index (χ1n) is 18.6. The van der Waals surface area contributed by atoms with Crippen LogP contribution in [0.15, 0.2) is 48.6 Å². The van der Waals surface area contributed by atoms with Crippen molar-refractivity contribution in [3.05, 3.63) is 48.6 Å². The van der Waals surface area contributed by atoms with Crippen molar-refractivity contribution < 1.29 is 37.6 Å². The number of esters is 2. The highest BCUT2D eigenvalue weighted by molar-refractivity contribution is 7.47. The molecule has 0 aliphatic rings. The van der Waals surface area contributed by atoms with Crippen LogP contribution in [-0.2, 0) is 32.7 Å². The minimum absolute atomic E-state index is 0.0236. The fourth-order valence-corrected chi connectivity index (χ4v) is 5.36. The van der Waals surface area contributed by atoms with Gasteiger partial charge in [-0.2, -0.15) is 0 Å². The number of carbonyl (C=O) groups is 2. The highest BCUT2D eigenvalue weighted by Crippen LogP contribution is 2.43. The van der Waals surface area contributed by atoms with Crippen molar-refractivity contribution in [1.82, 2.24) is 5.32 Å². The van der Waals surface area contributed by atoms with Gasteiger partial charge in [0.1, 0.15) is 6.61 Å². The van der Waals surface area contributed by atoms with Gasteiger partial charge in [0.05, 0.1) is 13.2 Å². The summed E-state index contributed by atoms with van der Waals surface area (Å²) in [6, 6.07) is 0. The van der Waals surface area contributed by atoms with Gasteiger partial charge in [-0.1, -0.05) is 114 Å². The lowest BCUT2D eigenvalue weighted by atomic mass is 10.1. The summed E-state index contributed by atoms with van der Waals surface area (Å²) < 4.78 is 33.0. The molecule has 0 rings (SSSR count). The van der Waals surface area contributed by atoms with Gasteiger partial charge in [-0.3, -0.25) is 18.6 Å². The summed E-state index contributed by atoms with van der Waals surface area (Å²) in [5.74, 6) is -0.844. The molecule has 0 aliphatic carbocycles. The van der Waals surface area contributed by atoms with E-state index in [9.17, 15) is 19.0 Å². The lowest BCUT2D eigenvalue weighted by molar-refractivity contribution is -0.161. The van der Waals surface area contributed by atoms with Crippen LogP contribution in [-0.4, -0.2) is 56.3 Å². The first kappa shape index (κ1) is 46.0. The molecule has 0 saturated carbocycles. The van der Waals surface area contributed by atoms with Crippen molar-refractivity contribution in [2.45, 2.75) is 148 Å². The van der Waals surface area contributed by atoms with Crippen LogP contribution in [0.25, 0.3) is 0 Å². The van der Waals surface area contributed by atoms with E-state index in [2.05, 4.69) is 67.8 Å². The third kappa shape index (κ3) is 33.9. The lowest BCUT2D eigenvalue weighted by Crippen LogP contribution is -2.29. The number of hydrogen-bond acceptors (Lipinski definition) is 8. The molecule has 0 aromatic heterocycles. The Morgan fingerprint density at radius 3 is 1.79 bits per heavy atom. The molecular weight excluding hydrogens is 629 g/mol. The minimum Gasteiger partial charge on any atom is -0.462 e. The molecule has 0 bridgehead atoms. The first-order chi connectivity index (χ1) is 23.3. The lowest BCUT2D eigenvalue weighted by Gasteiger charge is -2.20. The van der Waals surface area contributed by atoms with Crippen LogP contribution < -0.4 is 5.32 Å². The number of likely N-dealkylation sites (N-methyl/N-ethyl adjacent to an activating group) is 1. The third-order valence-electron chi connectivity index (χ3n) is 7.43. The Hall–Kier alpha value is -2.03. The van der Waals surface area contributed by atoms with Crippen LogP contribution in [0.5, 0.6) is 0 Å². The highest BCUT2D eigenvalue weighted by atomic mass is 31.2. The van der Waals surface area contributed by atoms with Crippen LogP contribution in [0.2, 0.25) is 0 Å². The summed E-state index contributed by atoms with van der Waals surface area (Å²) in [4.78, 5) is 34.8. The molecule has 0 radical (unpaired) electrons. The van der Waals surface area contributed by atoms with Crippen molar-refractivity contribution in [3.63, 3.8) is 0 Å². The number of nitrogens with one attached hydrogen (secondary N) is 1. The van der Waals surface area contributed by atoms with Crippen molar-refractivity contribution in [3.8, 4) is 0 Å². The maximum Gasteiger partial charge on any atom is 0.472 e. The van der Waals surface area contributed by atoms with Gasteiger partial charge in [-0.25, -0.2) is 4.57 Å². The van der Waals surface area contributed by atoms with E-state index in [4.69, 9.17) is 18.5 Å². The zero-order valence-corrected chi connectivity index (χ0v) is 31.3. The van der Waals surface area contributed by atoms with E-state index in [1.807, 2.05) is 0 Å². The van der Waals surface area contributed by atoms with Gasteiger partial charge < -0.3 is 19.7 Å². The molecule has 10 heteroatoms. The maximum absolute atomic E-state index is 12.5. The van der Waals surface area contributed by atoms with Gasteiger partial charge in [0, 0.05) is 19.4 Å². The number of unbranched alkanes of at least 4 members (excludes halogenated alkanes) is 12. The number of hydrogen-bond donors (Lipinski definition) is 2. The van der Waals surface area contributed by atoms with Crippen LogP contribution in [0.4, 0.5) is 0 Å². The summed E-state index contributed by atoms with van der Waals surface area (Å²) in [7, 11) is -2.66. The van der Waals surface area contributed by atoms with Crippen molar-refractivity contribution in [1.29, 1.82) is 0 Å². The van der Waals surface area contributed by atoms with Gasteiger partial charge in [0.2, 0.25) is 0 Å². The molecule has 0 aromatic carbocycles. The second kappa shape index (κ2) is 34.8. The molecule has 0 spiro atoms. The largest absolute Gasteiger partial charge is 0.472 e. The van der Waals surface area contributed by atoms with Crippen LogP contribution in [0, 0.1) is 0 Å². The third-order valence-corrected chi connectivity index (χ3v) is 8.42. The molecule has 2 unspecified atom stereocenters. The van der Waals surface area contributed by atoms with Crippen molar-refractivity contribution in [2.24, 2.45) is 0 Å². The summed E-state index contributed by atoms with van der Waals surface area (Å²) in [5.41, 5.74) is 0. The molecule has 0 aromatic rings. The Labute approximate surface area is 292 Å². The monoisotopic (exact) mass is 697 g/mol. The SMILES string of the molecule is CC/C=C\C/C=C\C/C=C\CCCCCCCC(=O)OC(COC(=O)CCCCCCC/C=C\CCCC)COP(=O)(O)OCCNC. The van der Waals surface area contributed by atoms with Crippen LogP contribution in [0.3, 0.4) is 0 Å². The predicted molar refractivity (Wildman–Crippen MR) is 197 cm³/mol. The standard InChI is InChI=1S/C38H68NO8P/c1-4-6-8-10-12-14-16-17-18-19-21-23-25-27-29-31-38(41)47-36(35-46-48(42,43)45-33-32-39-3)34-44-37(40)30-28-26-24-22-20-15-13-11-9-7-5-2/h6,8,11-14,17-18,36,39H,4-5,7,9-10,15-16,19-35H2,1-3H3,(H,42,43)/b8-6-,13-11-,14-12-,18-17-. The van der Waals surface area contributed by atoms with Gasteiger partial charge in [-0.15, -0.1) is 0 Å². The number of carbonyl (C=O) groups excluding carboxylic acids is 2. The number of allylic oxidation sites excluding steroid dienone is 8. The first-order valence-corrected chi connectivity index (χ1v) is 20.1. The Bertz CT molecular complexity index is 934. The number of phosphoric acid groups is 1. The summed E-state index contributed by atoms with van der Waals surface area (Å²) in [6.45, 7) is 4.01. The second-order valence-corrected chi connectivity index (χ2v) is 13.5. The molecule has 0 heterocycles. The smallest absolute Gasteiger partial charge is 0.462 e. The van der Waals surface area contributed by atoms with Crippen LogP contribution >= 0.6 is 7.82 Å². The van der Waals surface area contributed by atoms with Gasteiger partial charge in [-0.05, 0) is 71.3 Å². The Morgan fingerprint density at radius 2 is 1.19 bits per heavy atom. The van der Waals surface area contributed by atoms with Gasteiger partial charge in [0.15, 0.2) is 6.10 Å². The van der Waals surface area contributed by atoms with E-state index >= 15 is 0 Å². The normalized spacial score (nSPS) is 14.0. The summed E-state index contributed by atoms with van der Waals surface area (Å²) in [5, 5.41) is 2.81. The van der Waals surface area contributed by atoms with E-state index in [0.717, 1.165) is 96.3 Å². The number of phosphoric ester groups is 1. The van der Waals surface area contributed by atoms with E-state index in [-0.39, 0.29) is 26.1 Å². The maximum atomic E-state index is 12.5. The Balaban J connectivity index is 4.36. The Kier molecular flexibility index (Phi) is 33.3. The molecule has 0 fully saturated rings. The molecule has 0 amide bonds. The molecule has 0 aliphatic heterocycles. The number of rotatable bonds is 34. The number of ether oxygens (including phenoxy) is 2. The van der Waals surface area contributed by atoms with Crippen LogP contribution in [0.1, 0.15) is 142 Å². The van der Waals surface area contributed by atoms with Crippen molar-refractivity contribution in [2.75, 3.05) is 33.4 Å². The van der Waals surface area contributed by atoms with E-state index in [0.29, 0.717) is 13.0 Å². The topological polar surface area (TPSA) is 120 Å². The molecular formula is C38H68NO8P. The summed E-state index contributed by atoms with van der Waals surface area (Å²) in [6.07, 6.45) is 35.8. The predicted octanol–water partition coefficient (Wildman–Crippen LogP) is 9.86. The van der Waals surface area contributed by atoms with Gasteiger partial charge >= 0.3 is 19.8 Å². The fourth-order valence-electron chi connectivity index (χ4n) is 4.60. The molecule has 0 saturated heterocycles. The molecule has 278 valence electrons. The summed E-state index contributed by atoms with van der Waals surface area (Å²) >= 11 is 0. The van der Waals surface area contributed by atoms with Crippen molar-refractivity contribution >= 4 is 19.8 Å². The molecule has 2 N–H and O–H groups in total. The molecule has 48 heavy (non-hydrogen) atoms. The quantitative estimate of drug-likeness (QED) is 0.0293. The molecule has 2 atom stereocenters. The average molecular weight is 698 g/mol. The van der Waals surface area contributed by atoms with E-state index in [1.54, 1.807) is 7.05 Å². The highest BCUT2D eigenvalue weighted by Gasteiger charge is 2.26. The van der Waals surface area contributed by atoms with E-state index in [1.165, 1.54) is 12.8 Å².